The Morgan fingerprint density at radius 1 is 1.24 bits per heavy atom. The van der Waals surface area contributed by atoms with E-state index in [-0.39, 0.29) is 12.0 Å². The quantitative estimate of drug-likeness (QED) is 0.686. The van der Waals surface area contributed by atoms with Gasteiger partial charge < -0.3 is 9.47 Å². The van der Waals surface area contributed by atoms with Gasteiger partial charge in [0.25, 0.3) is 0 Å². The van der Waals surface area contributed by atoms with Gasteiger partial charge in [-0.3, -0.25) is 5.32 Å². The summed E-state index contributed by atoms with van der Waals surface area (Å²) in [5.41, 5.74) is 1.43. The molecule has 0 unspecified atom stereocenters. The molecule has 1 aliphatic rings. The molecule has 1 N–H and O–H groups in total. The van der Waals surface area contributed by atoms with Crippen LogP contribution in [0.3, 0.4) is 0 Å². The summed E-state index contributed by atoms with van der Waals surface area (Å²) in [5.74, 6) is 0.321. The van der Waals surface area contributed by atoms with Crippen LogP contribution in [0.2, 0.25) is 0 Å². The van der Waals surface area contributed by atoms with Crippen LogP contribution in [0.1, 0.15) is 39.3 Å². The third-order valence-electron chi connectivity index (χ3n) is 3.74. The summed E-state index contributed by atoms with van der Waals surface area (Å²) < 4.78 is 11.1. The number of morpholine rings is 1. The normalized spacial score (nSPS) is 24.1. The Bertz CT molecular complexity index is 544. The molecule has 0 aromatic heterocycles. The SMILES string of the molecule is COC(=C(C)C)[C@@H]1N[C@@H](c2ccccc2)C(C)(C)OC1=O. The molecule has 1 saturated heterocycles. The highest BCUT2D eigenvalue weighted by Crippen LogP contribution is 2.34. The van der Waals surface area contributed by atoms with E-state index in [1.165, 1.54) is 0 Å². The number of carbonyl (C=O) groups excluding carboxylic acids is 1. The monoisotopic (exact) mass is 289 g/mol. The number of rotatable bonds is 3. The van der Waals surface area contributed by atoms with Crippen LogP contribution >= 0.6 is 0 Å². The highest BCUT2D eigenvalue weighted by molar-refractivity contribution is 5.80. The van der Waals surface area contributed by atoms with Crippen molar-refractivity contribution in [2.75, 3.05) is 7.11 Å². The van der Waals surface area contributed by atoms with Gasteiger partial charge in [0.15, 0.2) is 6.04 Å². The number of cyclic esters (lactones) is 1. The number of hydrogen-bond acceptors (Lipinski definition) is 4. The predicted molar refractivity (Wildman–Crippen MR) is 81.7 cm³/mol. The van der Waals surface area contributed by atoms with E-state index >= 15 is 0 Å². The molecule has 2 rings (SSSR count). The van der Waals surface area contributed by atoms with E-state index in [1.807, 2.05) is 58.0 Å². The van der Waals surface area contributed by atoms with Gasteiger partial charge in [0, 0.05) is 0 Å². The van der Waals surface area contributed by atoms with Gasteiger partial charge in [-0.25, -0.2) is 4.79 Å². The fourth-order valence-corrected chi connectivity index (χ4v) is 2.75. The minimum atomic E-state index is -0.616. The lowest BCUT2D eigenvalue weighted by atomic mass is 9.88. The predicted octanol–water partition coefficient (Wildman–Crippen LogP) is 2.96. The lowest BCUT2D eigenvalue weighted by Crippen LogP contribution is -2.57. The van der Waals surface area contributed by atoms with Gasteiger partial charge in [-0.15, -0.1) is 0 Å². The second-order valence-electron chi connectivity index (χ2n) is 6.04. The third kappa shape index (κ3) is 3.10. The lowest BCUT2D eigenvalue weighted by molar-refractivity contribution is -0.171. The summed E-state index contributed by atoms with van der Waals surface area (Å²) >= 11 is 0. The average molecular weight is 289 g/mol. The van der Waals surface area contributed by atoms with Crippen LogP contribution in [0.5, 0.6) is 0 Å². The van der Waals surface area contributed by atoms with Crippen molar-refractivity contribution in [1.29, 1.82) is 0 Å². The Balaban J connectivity index is 2.37. The van der Waals surface area contributed by atoms with Crippen LogP contribution in [0, 0.1) is 0 Å². The summed E-state index contributed by atoms with van der Waals surface area (Å²) in [6.45, 7) is 7.68. The van der Waals surface area contributed by atoms with Crippen LogP contribution in [0.15, 0.2) is 41.7 Å². The van der Waals surface area contributed by atoms with E-state index in [4.69, 9.17) is 9.47 Å². The lowest BCUT2D eigenvalue weighted by Gasteiger charge is -2.42. The third-order valence-corrected chi connectivity index (χ3v) is 3.74. The first kappa shape index (κ1) is 15.6. The fourth-order valence-electron chi connectivity index (χ4n) is 2.75. The van der Waals surface area contributed by atoms with Crippen LogP contribution in [-0.4, -0.2) is 24.7 Å². The van der Waals surface area contributed by atoms with Crippen molar-refractivity contribution in [3.63, 3.8) is 0 Å². The molecule has 0 spiro atoms. The van der Waals surface area contributed by atoms with Crippen molar-refractivity contribution in [2.24, 2.45) is 0 Å². The van der Waals surface area contributed by atoms with E-state index in [2.05, 4.69) is 5.32 Å². The maximum atomic E-state index is 12.3. The number of esters is 1. The van der Waals surface area contributed by atoms with Crippen molar-refractivity contribution in [3.05, 3.63) is 47.2 Å². The molecule has 1 aromatic rings. The smallest absolute Gasteiger partial charge is 0.331 e. The zero-order chi connectivity index (χ0) is 15.6. The van der Waals surface area contributed by atoms with Gasteiger partial charge in [0.2, 0.25) is 0 Å². The Labute approximate surface area is 126 Å². The summed E-state index contributed by atoms with van der Waals surface area (Å²) in [5, 5.41) is 3.38. The topological polar surface area (TPSA) is 47.6 Å². The largest absolute Gasteiger partial charge is 0.499 e. The number of ether oxygens (including phenoxy) is 2. The van der Waals surface area contributed by atoms with E-state index in [0.29, 0.717) is 5.76 Å². The Morgan fingerprint density at radius 2 is 1.86 bits per heavy atom. The highest BCUT2D eigenvalue weighted by Gasteiger charge is 2.45. The summed E-state index contributed by atoms with van der Waals surface area (Å²) in [6, 6.07) is 9.34. The maximum absolute atomic E-state index is 12.3. The number of hydrogen-bond donors (Lipinski definition) is 1. The first-order valence-corrected chi connectivity index (χ1v) is 7.12. The van der Waals surface area contributed by atoms with Crippen molar-refractivity contribution < 1.29 is 14.3 Å². The molecule has 1 heterocycles. The van der Waals surface area contributed by atoms with E-state index in [1.54, 1.807) is 7.11 Å². The van der Waals surface area contributed by atoms with Crippen molar-refractivity contribution in [3.8, 4) is 0 Å². The van der Waals surface area contributed by atoms with Gasteiger partial charge in [0.1, 0.15) is 11.4 Å². The number of allylic oxidation sites excluding steroid dienone is 1. The first-order chi connectivity index (χ1) is 9.86. The zero-order valence-electron chi connectivity index (χ0n) is 13.3. The van der Waals surface area contributed by atoms with Crippen LogP contribution in [-0.2, 0) is 14.3 Å². The molecule has 2 atom stereocenters. The molecule has 0 radical (unpaired) electrons. The molecule has 0 saturated carbocycles. The molecule has 0 amide bonds. The maximum Gasteiger partial charge on any atom is 0.331 e. The van der Waals surface area contributed by atoms with E-state index in [0.717, 1.165) is 11.1 Å². The molecule has 4 nitrogen and oxygen atoms in total. The molecular weight excluding hydrogens is 266 g/mol. The number of methoxy groups -OCH3 is 1. The molecular formula is C17H23NO3. The molecule has 1 aromatic carbocycles. The van der Waals surface area contributed by atoms with Gasteiger partial charge in [-0.2, -0.15) is 0 Å². The molecule has 0 bridgehead atoms. The van der Waals surface area contributed by atoms with E-state index in [9.17, 15) is 4.79 Å². The van der Waals surface area contributed by atoms with Gasteiger partial charge >= 0.3 is 5.97 Å². The van der Waals surface area contributed by atoms with Crippen molar-refractivity contribution >= 4 is 5.97 Å². The summed E-state index contributed by atoms with van der Waals surface area (Å²) in [6.07, 6.45) is 0. The molecule has 4 heteroatoms. The van der Waals surface area contributed by atoms with Crippen LogP contribution in [0.4, 0.5) is 0 Å². The number of benzene rings is 1. The zero-order valence-corrected chi connectivity index (χ0v) is 13.3. The standard InChI is InChI=1S/C17H23NO3/c1-11(2)14(20-5)13-16(19)21-17(3,4)15(18-13)12-9-7-6-8-10-12/h6-10,13,15,18H,1-5H3/t13-,15-/m0/s1. The Morgan fingerprint density at radius 3 is 2.38 bits per heavy atom. The minimum absolute atomic E-state index is 0.0918. The summed E-state index contributed by atoms with van der Waals surface area (Å²) in [7, 11) is 1.58. The van der Waals surface area contributed by atoms with Crippen molar-refractivity contribution in [1.82, 2.24) is 5.32 Å². The van der Waals surface area contributed by atoms with E-state index < -0.39 is 11.6 Å². The summed E-state index contributed by atoms with van der Waals surface area (Å²) in [4.78, 5) is 12.3. The molecule has 1 fully saturated rings. The molecule has 21 heavy (non-hydrogen) atoms. The number of nitrogens with one attached hydrogen (secondary N) is 1. The van der Waals surface area contributed by atoms with Gasteiger partial charge in [-0.05, 0) is 38.8 Å². The minimum Gasteiger partial charge on any atom is -0.499 e. The first-order valence-electron chi connectivity index (χ1n) is 7.12. The Kier molecular flexibility index (Phi) is 4.37. The van der Waals surface area contributed by atoms with Gasteiger partial charge in [0.05, 0.1) is 13.2 Å². The molecule has 0 aliphatic carbocycles. The average Bonchev–Trinajstić information content (AvgIpc) is 2.41. The molecule has 114 valence electrons. The van der Waals surface area contributed by atoms with Gasteiger partial charge in [-0.1, -0.05) is 30.3 Å². The number of carbonyl (C=O) groups is 1. The fraction of sp³-hybridized carbons (Fsp3) is 0.471. The second-order valence-corrected chi connectivity index (χ2v) is 6.04. The van der Waals surface area contributed by atoms with Crippen LogP contribution in [0.25, 0.3) is 0 Å². The molecule has 1 aliphatic heterocycles. The Hall–Kier alpha value is -1.81. The van der Waals surface area contributed by atoms with Crippen molar-refractivity contribution in [2.45, 2.75) is 45.4 Å². The van der Waals surface area contributed by atoms with Crippen LogP contribution < -0.4 is 5.32 Å². The second kappa shape index (κ2) is 5.90. The highest BCUT2D eigenvalue weighted by atomic mass is 16.6.